The van der Waals surface area contributed by atoms with Gasteiger partial charge in [0.25, 0.3) is 0 Å². The summed E-state index contributed by atoms with van der Waals surface area (Å²) >= 11 is 1.84. The van der Waals surface area contributed by atoms with Crippen molar-refractivity contribution in [1.82, 2.24) is 19.7 Å². The van der Waals surface area contributed by atoms with E-state index in [1.165, 1.54) is 41.5 Å². The van der Waals surface area contributed by atoms with Crippen LogP contribution in [-0.2, 0) is 12.8 Å². The molecule has 3 aromatic rings. The third-order valence-electron chi connectivity index (χ3n) is 4.19. The predicted octanol–water partition coefficient (Wildman–Crippen LogP) is 3.76. The molecule has 0 amide bonds. The maximum Gasteiger partial charge on any atom is 0.165 e. The fraction of sp³-hybridized carbons (Fsp3) is 0.438. The predicted molar refractivity (Wildman–Crippen MR) is 85.3 cm³/mol. The molecule has 0 aromatic carbocycles. The summed E-state index contributed by atoms with van der Waals surface area (Å²) in [6, 6.07) is 2.10. The highest BCUT2D eigenvalue weighted by Gasteiger charge is 2.20. The first-order valence-electron chi connectivity index (χ1n) is 7.53. The Balaban J connectivity index is 2.01. The average Bonchev–Trinajstić information content (AvgIpc) is 2.89. The van der Waals surface area contributed by atoms with Gasteiger partial charge in [-0.3, -0.25) is 0 Å². The second kappa shape index (κ2) is 4.91. The first kappa shape index (κ1) is 13.0. The van der Waals surface area contributed by atoms with E-state index in [4.69, 9.17) is 0 Å². The minimum Gasteiger partial charge on any atom is -0.225 e. The Hall–Kier alpha value is -1.75. The molecule has 0 saturated carbocycles. The summed E-state index contributed by atoms with van der Waals surface area (Å²) in [7, 11) is 0. The molecule has 0 bridgehead atoms. The number of aryl methyl sites for hydroxylation is 4. The minimum atomic E-state index is 0.949. The molecule has 0 radical (unpaired) electrons. The average molecular weight is 298 g/mol. The van der Waals surface area contributed by atoms with Crippen molar-refractivity contribution in [3.05, 3.63) is 34.2 Å². The topological polar surface area (TPSA) is 43.6 Å². The quantitative estimate of drug-likeness (QED) is 0.642. The molecule has 108 valence electrons. The molecule has 0 aliphatic heterocycles. The van der Waals surface area contributed by atoms with Crippen molar-refractivity contribution in [1.29, 1.82) is 0 Å². The van der Waals surface area contributed by atoms with Crippen LogP contribution in [-0.4, -0.2) is 19.7 Å². The molecule has 5 heteroatoms. The molecule has 0 saturated heterocycles. The van der Waals surface area contributed by atoms with Gasteiger partial charge in [-0.05, 0) is 51.2 Å². The van der Waals surface area contributed by atoms with E-state index >= 15 is 0 Å². The van der Waals surface area contributed by atoms with Crippen LogP contribution in [0.25, 0.3) is 16.0 Å². The summed E-state index contributed by atoms with van der Waals surface area (Å²) in [5.41, 5.74) is 3.62. The molecule has 4 rings (SSSR count). The van der Waals surface area contributed by atoms with Gasteiger partial charge in [-0.2, -0.15) is 5.10 Å². The number of hydrogen-bond donors (Lipinski definition) is 0. The van der Waals surface area contributed by atoms with Gasteiger partial charge in [-0.25, -0.2) is 14.6 Å². The zero-order valence-corrected chi connectivity index (χ0v) is 13.2. The van der Waals surface area contributed by atoms with Crippen LogP contribution in [0.15, 0.2) is 12.4 Å². The molecular formula is C16H18N4S. The lowest BCUT2D eigenvalue weighted by atomic mass is 10.1. The Morgan fingerprint density at radius 3 is 2.76 bits per heavy atom. The molecule has 0 N–H and O–H groups in total. The number of fused-ring (bicyclic) bond motifs is 3. The third-order valence-corrected chi connectivity index (χ3v) is 5.39. The Morgan fingerprint density at radius 2 is 1.95 bits per heavy atom. The second-order valence-electron chi connectivity index (χ2n) is 5.78. The molecule has 3 aromatic heterocycles. The number of rotatable bonds is 1. The molecule has 0 fully saturated rings. The summed E-state index contributed by atoms with van der Waals surface area (Å²) in [5, 5.41) is 5.84. The van der Waals surface area contributed by atoms with Crippen molar-refractivity contribution in [3.63, 3.8) is 0 Å². The van der Waals surface area contributed by atoms with Gasteiger partial charge in [-0.15, -0.1) is 11.3 Å². The molecule has 0 unspecified atom stereocenters. The van der Waals surface area contributed by atoms with E-state index in [9.17, 15) is 0 Å². The second-order valence-corrected chi connectivity index (χ2v) is 6.86. The van der Waals surface area contributed by atoms with E-state index in [0.717, 1.165) is 28.5 Å². The lowest BCUT2D eigenvalue weighted by molar-refractivity contribution is 0.713. The molecule has 0 spiro atoms. The van der Waals surface area contributed by atoms with E-state index in [2.05, 4.69) is 28.1 Å². The number of aromatic nitrogens is 4. The van der Waals surface area contributed by atoms with Crippen molar-refractivity contribution in [2.45, 2.75) is 46.0 Å². The van der Waals surface area contributed by atoms with Gasteiger partial charge < -0.3 is 0 Å². The van der Waals surface area contributed by atoms with Gasteiger partial charge in [0.1, 0.15) is 11.2 Å². The first-order valence-corrected chi connectivity index (χ1v) is 8.34. The van der Waals surface area contributed by atoms with E-state index in [0.29, 0.717) is 0 Å². The van der Waals surface area contributed by atoms with Gasteiger partial charge in [0.15, 0.2) is 5.82 Å². The highest BCUT2D eigenvalue weighted by Crippen LogP contribution is 2.37. The zero-order valence-electron chi connectivity index (χ0n) is 12.4. The molecular weight excluding hydrogens is 280 g/mol. The maximum atomic E-state index is 4.61. The first-order chi connectivity index (χ1) is 10.2. The Kier molecular flexibility index (Phi) is 3.03. The largest absolute Gasteiger partial charge is 0.225 e. The van der Waals surface area contributed by atoms with Crippen molar-refractivity contribution in [2.75, 3.05) is 0 Å². The van der Waals surface area contributed by atoms with Crippen molar-refractivity contribution < 1.29 is 0 Å². The highest BCUT2D eigenvalue weighted by molar-refractivity contribution is 7.18. The smallest absolute Gasteiger partial charge is 0.165 e. The van der Waals surface area contributed by atoms with Crippen LogP contribution in [0.2, 0.25) is 0 Å². The molecule has 3 heterocycles. The minimum absolute atomic E-state index is 0.949. The number of nitrogens with zero attached hydrogens (tertiary/aromatic N) is 4. The lowest BCUT2D eigenvalue weighted by Crippen LogP contribution is -2.04. The Bertz CT molecular complexity index is 815. The molecule has 1 aliphatic carbocycles. The van der Waals surface area contributed by atoms with Crippen molar-refractivity contribution in [2.24, 2.45) is 0 Å². The summed E-state index contributed by atoms with van der Waals surface area (Å²) in [5.74, 6) is 0.949. The Morgan fingerprint density at radius 1 is 1.10 bits per heavy atom. The van der Waals surface area contributed by atoms with Gasteiger partial charge in [0, 0.05) is 10.6 Å². The maximum absolute atomic E-state index is 4.61. The SMILES string of the molecule is Cc1cc(C)n(-c2ncnc3sc4c(c23)CCCCC4)n1. The van der Waals surface area contributed by atoms with Gasteiger partial charge in [0.2, 0.25) is 0 Å². The normalized spacial score (nSPS) is 15.1. The zero-order chi connectivity index (χ0) is 14.4. The lowest BCUT2D eigenvalue weighted by Gasteiger charge is -2.07. The van der Waals surface area contributed by atoms with E-state index in [1.54, 1.807) is 6.33 Å². The fourth-order valence-corrected chi connectivity index (χ4v) is 4.48. The molecule has 1 aliphatic rings. The summed E-state index contributed by atoms with van der Waals surface area (Å²) in [4.78, 5) is 11.7. The van der Waals surface area contributed by atoms with E-state index < -0.39 is 0 Å². The van der Waals surface area contributed by atoms with E-state index in [1.807, 2.05) is 22.9 Å². The molecule has 0 atom stereocenters. The van der Waals surface area contributed by atoms with E-state index in [-0.39, 0.29) is 0 Å². The molecule has 4 nitrogen and oxygen atoms in total. The number of hydrogen-bond acceptors (Lipinski definition) is 4. The van der Waals surface area contributed by atoms with Crippen LogP contribution in [0.3, 0.4) is 0 Å². The Labute approximate surface area is 127 Å². The van der Waals surface area contributed by atoms with Crippen molar-refractivity contribution in [3.8, 4) is 5.82 Å². The number of thiophene rings is 1. The van der Waals surface area contributed by atoms with Crippen LogP contribution < -0.4 is 0 Å². The van der Waals surface area contributed by atoms with Crippen LogP contribution in [0.4, 0.5) is 0 Å². The van der Waals surface area contributed by atoms with Gasteiger partial charge >= 0.3 is 0 Å². The summed E-state index contributed by atoms with van der Waals surface area (Å²) in [6.07, 6.45) is 7.89. The van der Waals surface area contributed by atoms with Gasteiger partial charge in [-0.1, -0.05) is 6.42 Å². The highest BCUT2D eigenvalue weighted by atomic mass is 32.1. The summed E-state index contributed by atoms with van der Waals surface area (Å²) < 4.78 is 1.97. The van der Waals surface area contributed by atoms with Crippen LogP contribution in [0.5, 0.6) is 0 Å². The van der Waals surface area contributed by atoms with Crippen LogP contribution >= 0.6 is 11.3 Å². The van der Waals surface area contributed by atoms with Crippen molar-refractivity contribution >= 4 is 21.6 Å². The standard InChI is InChI=1S/C16H18N4S/c1-10-8-11(2)20(19-10)15-14-12-6-4-3-5-7-13(12)21-16(14)18-9-17-15/h8-9H,3-7H2,1-2H3. The third kappa shape index (κ3) is 2.07. The van der Waals surface area contributed by atoms with Crippen LogP contribution in [0.1, 0.15) is 41.1 Å². The van der Waals surface area contributed by atoms with Gasteiger partial charge in [0.05, 0.1) is 11.1 Å². The summed E-state index contributed by atoms with van der Waals surface area (Å²) in [6.45, 7) is 4.11. The fourth-order valence-electron chi connectivity index (χ4n) is 3.25. The van der Waals surface area contributed by atoms with Crippen LogP contribution in [0, 0.1) is 13.8 Å². The molecule has 21 heavy (non-hydrogen) atoms. The monoisotopic (exact) mass is 298 g/mol.